The van der Waals surface area contributed by atoms with E-state index in [-0.39, 0.29) is 46.9 Å². The molecule has 4 amide bonds. The molecule has 0 saturated carbocycles. The number of benzene rings is 5. The van der Waals surface area contributed by atoms with Gasteiger partial charge in [-0.15, -0.1) is 0 Å². The summed E-state index contributed by atoms with van der Waals surface area (Å²) in [6.45, 7) is 15.4. The van der Waals surface area contributed by atoms with E-state index in [0.717, 1.165) is 34.4 Å². The van der Waals surface area contributed by atoms with Crippen molar-refractivity contribution in [2.45, 2.75) is 128 Å². The van der Waals surface area contributed by atoms with Gasteiger partial charge in [0, 0.05) is 29.6 Å². The largest absolute Gasteiger partial charge is 0.480 e. The van der Waals surface area contributed by atoms with Gasteiger partial charge in [-0.2, -0.15) is 0 Å². The van der Waals surface area contributed by atoms with Gasteiger partial charge in [-0.05, 0) is 138 Å². The van der Waals surface area contributed by atoms with E-state index in [2.05, 4.69) is 30.7 Å². The number of fused-ring (bicyclic) bond motifs is 3. The van der Waals surface area contributed by atoms with Crippen LogP contribution >= 0.6 is 57.4 Å². The van der Waals surface area contributed by atoms with Crippen LogP contribution in [0.4, 0.5) is 32.3 Å². The van der Waals surface area contributed by atoms with E-state index < -0.39 is 107 Å². The highest BCUT2D eigenvalue weighted by Gasteiger charge is 2.31. The van der Waals surface area contributed by atoms with E-state index in [1.807, 2.05) is 71.1 Å². The first-order valence-electron chi connectivity index (χ1n) is 27.0. The van der Waals surface area contributed by atoms with Crippen LogP contribution in [0.2, 0.25) is 15.1 Å². The van der Waals surface area contributed by atoms with E-state index in [4.69, 9.17) is 58.9 Å². The Morgan fingerprint density at radius 3 is 1.10 bits per heavy atom. The monoisotopic (exact) mass is 1420 g/mol. The Morgan fingerprint density at radius 1 is 0.483 bits per heavy atom. The maximum atomic E-state index is 13.6. The molecule has 0 heterocycles. The molecule has 484 valence electrons. The fraction of sp³-hybridized carbons (Fsp3) is 0.387. The number of carbonyl (C=O) groups excluding carboxylic acids is 6. The predicted octanol–water partition coefficient (Wildman–Crippen LogP) is 12.6. The highest BCUT2D eigenvalue weighted by Crippen LogP contribution is 2.44. The molecule has 4 atom stereocenters. The molecule has 0 saturated heterocycles. The average molecular weight is 1420 g/mol. The fourth-order valence-electron chi connectivity index (χ4n) is 7.88. The number of esters is 2. The maximum absolute atomic E-state index is 13.6. The van der Waals surface area contributed by atoms with Crippen LogP contribution in [-0.2, 0) is 66.9 Å². The molecular formula is C62H71Cl3F3IN4O16. The number of alkyl carbamates (subject to hydrolysis) is 4. The SMILES string of the molecule is CC(C)(C)OC(=O)N[C@@H](Cc1ccc(Cl)c(F)c1)C(=O)O.COC(=O)[C@H](CI)NC(=O)OC(C)(C)C.COC(=O)[C@H](Cc1ccc(Cl)c(F)c1)NC(=O)OC(C)(C)C.O=C(N[C@@H](Cc1ccc(Cl)c(F)c1)C(=O)O)OCC1c2ccccc2-c2ccccc21. The van der Waals surface area contributed by atoms with Crippen molar-refractivity contribution in [3.05, 3.63) is 163 Å². The number of hydrogen-bond donors (Lipinski definition) is 6. The van der Waals surface area contributed by atoms with Crippen molar-refractivity contribution in [1.29, 1.82) is 0 Å². The quantitative estimate of drug-likeness (QED) is 0.0218. The van der Waals surface area contributed by atoms with Gasteiger partial charge in [0.25, 0.3) is 0 Å². The second-order valence-corrected chi connectivity index (χ2v) is 24.5. The van der Waals surface area contributed by atoms with Gasteiger partial charge in [0.1, 0.15) is 65.0 Å². The number of amides is 4. The highest BCUT2D eigenvalue weighted by molar-refractivity contribution is 14.1. The molecule has 27 heteroatoms. The zero-order valence-electron chi connectivity index (χ0n) is 50.5. The summed E-state index contributed by atoms with van der Waals surface area (Å²) in [7, 11) is 2.48. The lowest BCUT2D eigenvalue weighted by Crippen LogP contribution is -2.45. The summed E-state index contributed by atoms with van der Waals surface area (Å²) in [5, 5.41) is 27.9. The summed E-state index contributed by atoms with van der Waals surface area (Å²) in [5.74, 6) is -5.64. The van der Waals surface area contributed by atoms with Crippen LogP contribution in [0.3, 0.4) is 0 Å². The third kappa shape index (κ3) is 27.0. The van der Waals surface area contributed by atoms with E-state index in [1.54, 1.807) is 68.4 Å². The number of halogens is 7. The minimum absolute atomic E-state index is 0.0153. The Hall–Kier alpha value is -7.55. The zero-order valence-corrected chi connectivity index (χ0v) is 54.9. The Bertz CT molecular complexity index is 3240. The van der Waals surface area contributed by atoms with E-state index in [9.17, 15) is 56.6 Å². The number of alkyl halides is 1. The lowest BCUT2D eigenvalue weighted by atomic mass is 9.98. The predicted molar refractivity (Wildman–Crippen MR) is 335 cm³/mol. The van der Waals surface area contributed by atoms with Crippen LogP contribution in [0, 0.1) is 17.5 Å². The fourth-order valence-corrected chi connectivity index (χ4v) is 8.81. The third-order valence-corrected chi connectivity index (χ3v) is 13.5. The molecule has 6 N–H and O–H groups in total. The second kappa shape index (κ2) is 35.0. The van der Waals surface area contributed by atoms with Crippen molar-refractivity contribution in [2.24, 2.45) is 0 Å². The van der Waals surface area contributed by atoms with E-state index >= 15 is 0 Å². The number of aliphatic carboxylic acids is 2. The molecule has 0 aromatic heterocycles. The molecule has 6 rings (SSSR count). The Kier molecular flexibility index (Phi) is 29.8. The summed E-state index contributed by atoms with van der Waals surface area (Å²) >= 11 is 18.8. The summed E-state index contributed by atoms with van der Waals surface area (Å²) in [5.41, 5.74) is 3.60. The molecule has 0 aliphatic heterocycles. The molecule has 0 unspecified atom stereocenters. The number of methoxy groups -OCH3 is 2. The van der Waals surface area contributed by atoms with Crippen molar-refractivity contribution >= 4 is 106 Å². The van der Waals surface area contributed by atoms with Gasteiger partial charge in [0.15, 0.2) is 0 Å². The number of rotatable bonds is 17. The molecule has 20 nitrogen and oxygen atoms in total. The van der Waals surface area contributed by atoms with Gasteiger partial charge in [-0.1, -0.05) is 124 Å². The van der Waals surface area contributed by atoms with Crippen molar-refractivity contribution in [3.63, 3.8) is 0 Å². The standard InChI is InChI=1S/C24H19ClFNO4.C15H19ClFNO4.C14H17ClFNO4.C9H16INO4/c25-20-10-9-14(11-21(20)26)12-22(23(28)29)27-24(30)31-13-19-17-7-3-1-5-15(17)16-6-2-4-8-18(16)19;1-15(2,3)22-14(20)18-12(13(19)21-4)8-9-5-6-10(16)11(17)7-9;1-14(2,3)21-13(20)17-11(12(18)19)7-8-4-5-9(15)10(16)6-8;1-9(2,3)15-8(13)11-6(5-10)7(12)14-4/h1-11,19,22H,12-13H2,(H,27,30)(H,28,29);5-7,12H,8H2,1-4H3,(H,18,20);4-6,11H,7H2,1-3H3,(H,17,20)(H,18,19);6H,5H2,1-4H3,(H,11,13)/t22-;12-;11-;6-/m0000/s1. The summed E-state index contributed by atoms with van der Waals surface area (Å²) in [4.78, 5) is 92.7. The molecule has 1 aliphatic carbocycles. The van der Waals surface area contributed by atoms with Crippen LogP contribution in [0.25, 0.3) is 11.1 Å². The number of carboxylic acid groups (broad SMARTS) is 2. The summed E-state index contributed by atoms with van der Waals surface area (Å²) < 4.78 is 70.5. The molecule has 0 radical (unpaired) electrons. The van der Waals surface area contributed by atoms with Crippen LogP contribution in [0.1, 0.15) is 96.0 Å². The summed E-state index contributed by atoms with van der Waals surface area (Å²) in [6.07, 6.45) is -3.18. The van der Waals surface area contributed by atoms with Gasteiger partial charge >= 0.3 is 48.3 Å². The topological polar surface area (TPSA) is 281 Å². The minimum Gasteiger partial charge on any atom is -0.480 e. The first-order chi connectivity index (χ1) is 41.4. The van der Waals surface area contributed by atoms with Crippen LogP contribution in [0.5, 0.6) is 0 Å². The van der Waals surface area contributed by atoms with E-state index in [1.165, 1.54) is 50.6 Å². The van der Waals surface area contributed by atoms with Crippen molar-refractivity contribution in [2.75, 3.05) is 25.3 Å². The van der Waals surface area contributed by atoms with Gasteiger partial charge in [-0.25, -0.2) is 51.5 Å². The van der Waals surface area contributed by atoms with Gasteiger partial charge in [0.2, 0.25) is 0 Å². The molecule has 1 aliphatic rings. The number of nitrogens with one attached hydrogen (secondary N) is 4. The average Bonchev–Trinajstić information content (AvgIpc) is 1.91. The molecule has 5 aromatic rings. The van der Waals surface area contributed by atoms with Gasteiger partial charge < -0.3 is 59.9 Å². The first-order valence-corrected chi connectivity index (χ1v) is 29.7. The lowest BCUT2D eigenvalue weighted by Gasteiger charge is -2.22. The number of hydrogen-bond acceptors (Lipinski definition) is 14. The second-order valence-electron chi connectivity index (χ2n) is 22.4. The normalized spacial score (nSPS) is 12.8. The first kappa shape index (κ1) is 75.7. The van der Waals surface area contributed by atoms with Gasteiger partial charge in [-0.3, -0.25) is 0 Å². The maximum Gasteiger partial charge on any atom is 0.408 e. The number of carboxylic acids is 2. The molecule has 5 aromatic carbocycles. The van der Waals surface area contributed by atoms with Crippen LogP contribution in [-0.4, -0.2) is 125 Å². The smallest absolute Gasteiger partial charge is 0.408 e. The van der Waals surface area contributed by atoms with Crippen LogP contribution < -0.4 is 21.3 Å². The van der Waals surface area contributed by atoms with Crippen molar-refractivity contribution in [3.8, 4) is 11.1 Å². The highest BCUT2D eigenvalue weighted by atomic mass is 127. The molecule has 89 heavy (non-hydrogen) atoms. The van der Waals surface area contributed by atoms with E-state index in [0.29, 0.717) is 21.1 Å². The van der Waals surface area contributed by atoms with Crippen molar-refractivity contribution in [1.82, 2.24) is 21.3 Å². The van der Waals surface area contributed by atoms with Crippen LogP contribution in [0.15, 0.2) is 103 Å². The lowest BCUT2D eigenvalue weighted by molar-refractivity contribution is -0.143. The molecule has 0 fully saturated rings. The third-order valence-electron chi connectivity index (χ3n) is 11.7. The number of ether oxygens (including phenoxy) is 6. The Labute approximate surface area is 542 Å². The molecular weight excluding hydrogens is 1350 g/mol. The molecule has 0 bridgehead atoms. The Balaban J connectivity index is 0.000000321. The summed E-state index contributed by atoms with van der Waals surface area (Å²) in [6, 6.07) is 23.8. The molecule has 0 spiro atoms. The Morgan fingerprint density at radius 2 is 0.787 bits per heavy atom. The van der Waals surface area contributed by atoms with Gasteiger partial charge in [0.05, 0.1) is 29.3 Å². The minimum atomic E-state index is -1.27. The number of carbonyl (C=O) groups is 8. The van der Waals surface area contributed by atoms with Crippen molar-refractivity contribution < 1.29 is 90.2 Å². The zero-order chi connectivity index (χ0) is 67.1.